The third-order valence-electron chi connectivity index (χ3n) is 3.29. The van der Waals surface area contributed by atoms with Crippen LogP contribution in [0.25, 0.3) is 11.3 Å². The maximum atomic E-state index is 4.73. The maximum Gasteiger partial charge on any atom is 0.132 e. The zero-order chi connectivity index (χ0) is 13.0. The first-order valence-electron chi connectivity index (χ1n) is 6.65. The maximum absolute atomic E-state index is 4.73. The van der Waals surface area contributed by atoms with Crippen molar-refractivity contribution in [3.8, 4) is 11.3 Å². The Labute approximate surface area is 109 Å². The number of aromatic nitrogens is 2. The van der Waals surface area contributed by atoms with Gasteiger partial charge >= 0.3 is 0 Å². The van der Waals surface area contributed by atoms with Gasteiger partial charge < -0.3 is 0 Å². The Morgan fingerprint density at radius 2 is 1.67 bits per heavy atom. The van der Waals surface area contributed by atoms with E-state index in [1.165, 1.54) is 0 Å². The normalized spacial score (nSPS) is 10.9. The van der Waals surface area contributed by atoms with Gasteiger partial charge in [0, 0.05) is 17.2 Å². The second-order valence-corrected chi connectivity index (χ2v) is 4.63. The van der Waals surface area contributed by atoms with Crippen LogP contribution in [0.1, 0.15) is 44.1 Å². The highest BCUT2D eigenvalue weighted by molar-refractivity contribution is 5.59. The van der Waals surface area contributed by atoms with Crippen molar-refractivity contribution in [3.05, 3.63) is 47.9 Å². The van der Waals surface area contributed by atoms with Crippen LogP contribution >= 0.6 is 0 Å². The van der Waals surface area contributed by atoms with Crippen LogP contribution in [0.3, 0.4) is 0 Å². The molecule has 0 unspecified atom stereocenters. The fourth-order valence-electron chi connectivity index (χ4n) is 2.18. The Bertz CT molecular complexity index is 502. The number of aryl methyl sites for hydroxylation is 1. The van der Waals surface area contributed by atoms with Crippen molar-refractivity contribution in [3.63, 3.8) is 0 Å². The molecule has 0 saturated heterocycles. The molecule has 2 heteroatoms. The van der Waals surface area contributed by atoms with Gasteiger partial charge in [0.15, 0.2) is 0 Å². The van der Waals surface area contributed by atoms with E-state index < -0.39 is 0 Å². The van der Waals surface area contributed by atoms with Crippen LogP contribution in [0.4, 0.5) is 0 Å². The summed E-state index contributed by atoms with van der Waals surface area (Å²) in [5.41, 5.74) is 3.24. The second-order valence-electron chi connectivity index (χ2n) is 4.63. The zero-order valence-corrected chi connectivity index (χ0v) is 11.4. The summed E-state index contributed by atoms with van der Waals surface area (Å²) in [7, 11) is 0. The van der Waals surface area contributed by atoms with E-state index >= 15 is 0 Å². The van der Waals surface area contributed by atoms with E-state index in [0.29, 0.717) is 5.92 Å². The molecule has 1 aromatic heterocycles. The standard InChI is InChI=1S/C16H20N2/c1-4-13(5-2)16-17-12(3)11-15(18-16)14-9-7-6-8-10-14/h6-11,13H,4-5H2,1-3H3. The lowest BCUT2D eigenvalue weighted by molar-refractivity contribution is 0.600. The lowest BCUT2D eigenvalue weighted by atomic mass is 10.0. The molecular weight excluding hydrogens is 220 g/mol. The minimum Gasteiger partial charge on any atom is -0.238 e. The quantitative estimate of drug-likeness (QED) is 0.793. The Kier molecular flexibility index (Phi) is 4.08. The van der Waals surface area contributed by atoms with Gasteiger partial charge in [-0.3, -0.25) is 0 Å². The molecule has 2 aromatic rings. The number of hydrogen-bond acceptors (Lipinski definition) is 2. The fourth-order valence-corrected chi connectivity index (χ4v) is 2.18. The summed E-state index contributed by atoms with van der Waals surface area (Å²) in [6.45, 7) is 6.43. The van der Waals surface area contributed by atoms with Gasteiger partial charge in [0.2, 0.25) is 0 Å². The molecule has 0 aliphatic rings. The molecule has 0 saturated carbocycles. The van der Waals surface area contributed by atoms with Crippen molar-refractivity contribution in [1.29, 1.82) is 0 Å². The van der Waals surface area contributed by atoms with E-state index in [-0.39, 0.29) is 0 Å². The molecule has 2 rings (SSSR count). The lowest BCUT2D eigenvalue weighted by Gasteiger charge is -2.13. The van der Waals surface area contributed by atoms with Crippen LogP contribution < -0.4 is 0 Å². The van der Waals surface area contributed by atoms with Gasteiger partial charge in [0.05, 0.1) is 5.69 Å². The van der Waals surface area contributed by atoms with Gasteiger partial charge in [-0.25, -0.2) is 9.97 Å². The summed E-state index contributed by atoms with van der Waals surface area (Å²) < 4.78 is 0. The molecule has 0 N–H and O–H groups in total. The lowest BCUT2D eigenvalue weighted by Crippen LogP contribution is -2.05. The second kappa shape index (κ2) is 5.76. The predicted molar refractivity (Wildman–Crippen MR) is 75.5 cm³/mol. The van der Waals surface area contributed by atoms with E-state index in [0.717, 1.165) is 35.6 Å². The Hall–Kier alpha value is -1.70. The molecule has 0 bridgehead atoms. The fraction of sp³-hybridized carbons (Fsp3) is 0.375. The van der Waals surface area contributed by atoms with Gasteiger partial charge in [0.25, 0.3) is 0 Å². The van der Waals surface area contributed by atoms with Gasteiger partial charge in [0.1, 0.15) is 5.82 Å². The molecule has 0 fully saturated rings. The molecule has 1 heterocycles. The molecule has 0 amide bonds. The average Bonchev–Trinajstić information content (AvgIpc) is 2.40. The number of rotatable bonds is 4. The first-order valence-corrected chi connectivity index (χ1v) is 6.65. The van der Waals surface area contributed by atoms with E-state index in [9.17, 15) is 0 Å². The van der Waals surface area contributed by atoms with E-state index in [4.69, 9.17) is 4.98 Å². The van der Waals surface area contributed by atoms with Crippen LogP contribution in [-0.4, -0.2) is 9.97 Å². The van der Waals surface area contributed by atoms with Crippen LogP contribution in [-0.2, 0) is 0 Å². The third-order valence-corrected chi connectivity index (χ3v) is 3.29. The Balaban J connectivity index is 2.44. The first-order chi connectivity index (χ1) is 8.74. The topological polar surface area (TPSA) is 25.8 Å². The van der Waals surface area contributed by atoms with Gasteiger partial charge in [-0.1, -0.05) is 44.2 Å². The molecule has 0 spiro atoms. The Morgan fingerprint density at radius 1 is 1.00 bits per heavy atom. The minimum atomic E-state index is 0.465. The largest absolute Gasteiger partial charge is 0.238 e. The highest BCUT2D eigenvalue weighted by Gasteiger charge is 2.12. The summed E-state index contributed by atoms with van der Waals surface area (Å²) in [6, 6.07) is 12.4. The molecule has 0 radical (unpaired) electrons. The minimum absolute atomic E-state index is 0.465. The van der Waals surface area contributed by atoms with Crippen molar-refractivity contribution in [1.82, 2.24) is 9.97 Å². The Morgan fingerprint density at radius 3 is 2.28 bits per heavy atom. The summed E-state index contributed by atoms with van der Waals surface area (Å²) in [5, 5.41) is 0. The number of benzene rings is 1. The average molecular weight is 240 g/mol. The molecule has 0 atom stereocenters. The van der Waals surface area contributed by atoms with E-state index in [1.807, 2.05) is 25.1 Å². The van der Waals surface area contributed by atoms with Crippen molar-refractivity contribution >= 4 is 0 Å². The van der Waals surface area contributed by atoms with Gasteiger partial charge in [-0.2, -0.15) is 0 Å². The summed E-state index contributed by atoms with van der Waals surface area (Å²) in [4.78, 5) is 9.32. The van der Waals surface area contributed by atoms with Gasteiger partial charge in [-0.05, 0) is 25.8 Å². The smallest absolute Gasteiger partial charge is 0.132 e. The van der Waals surface area contributed by atoms with E-state index in [1.54, 1.807) is 0 Å². The van der Waals surface area contributed by atoms with Crippen molar-refractivity contribution in [2.45, 2.75) is 39.5 Å². The molecule has 2 nitrogen and oxygen atoms in total. The molecule has 18 heavy (non-hydrogen) atoms. The van der Waals surface area contributed by atoms with Gasteiger partial charge in [-0.15, -0.1) is 0 Å². The first kappa shape index (κ1) is 12.7. The number of hydrogen-bond donors (Lipinski definition) is 0. The summed E-state index contributed by atoms with van der Waals surface area (Å²) in [5.74, 6) is 1.45. The SMILES string of the molecule is CCC(CC)c1nc(C)cc(-c2ccccc2)n1. The summed E-state index contributed by atoms with van der Waals surface area (Å²) >= 11 is 0. The molecule has 1 aromatic carbocycles. The molecular formula is C16H20N2. The van der Waals surface area contributed by atoms with Crippen LogP contribution in [0, 0.1) is 6.92 Å². The predicted octanol–water partition coefficient (Wildman–Crippen LogP) is 4.36. The van der Waals surface area contributed by atoms with Crippen LogP contribution in [0.15, 0.2) is 36.4 Å². The highest BCUT2D eigenvalue weighted by Crippen LogP contribution is 2.23. The van der Waals surface area contributed by atoms with E-state index in [2.05, 4.69) is 37.0 Å². The number of nitrogens with zero attached hydrogens (tertiary/aromatic N) is 2. The highest BCUT2D eigenvalue weighted by atomic mass is 14.9. The van der Waals surface area contributed by atoms with Crippen molar-refractivity contribution in [2.24, 2.45) is 0 Å². The molecule has 0 aliphatic carbocycles. The monoisotopic (exact) mass is 240 g/mol. The van der Waals surface area contributed by atoms with Crippen LogP contribution in [0.2, 0.25) is 0 Å². The van der Waals surface area contributed by atoms with Crippen molar-refractivity contribution < 1.29 is 0 Å². The molecule has 94 valence electrons. The summed E-state index contributed by atoms with van der Waals surface area (Å²) in [6.07, 6.45) is 2.18. The van der Waals surface area contributed by atoms with Crippen molar-refractivity contribution in [2.75, 3.05) is 0 Å². The van der Waals surface area contributed by atoms with Crippen LogP contribution in [0.5, 0.6) is 0 Å². The third kappa shape index (κ3) is 2.76. The zero-order valence-electron chi connectivity index (χ0n) is 11.4. The molecule has 0 aliphatic heterocycles.